The minimum atomic E-state index is -1.70. The summed E-state index contributed by atoms with van der Waals surface area (Å²) in [5.74, 6) is -0.602. The van der Waals surface area contributed by atoms with Crippen molar-refractivity contribution in [1.82, 2.24) is 10.4 Å². The van der Waals surface area contributed by atoms with Crippen LogP contribution >= 0.6 is 0 Å². The van der Waals surface area contributed by atoms with Crippen molar-refractivity contribution in [3.05, 3.63) is 64.5 Å². The van der Waals surface area contributed by atoms with Crippen molar-refractivity contribution in [1.29, 1.82) is 0 Å². The van der Waals surface area contributed by atoms with Crippen molar-refractivity contribution in [3.63, 3.8) is 0 Å². The minimum Gasteiger partial charge on any atom is -0.423 e. The molecule has 0 spiro atoms. The van der Waals surface area contributed by atoms with Crippen LogP contribution in [0.4, 0.5) is 4.39 Å². The van der Waals surface area contributed by atoms with E-state index in [0.29, 0.717) is 24.1 Å². The van der Waals surface area contributed by atoms with Crippen LogP contribution in [0, 0.1) is 25.1 Å². The smallest absolute Gasteiger partial charge is 0.423 e. The largest absolute Gasteiger partial charge is 0.488 e. The van der Waals surface area contributed by atoms with E-state index in [9.17, 15) is 19.2 Å². The first-order chi connectivity index (χ1) is 14.4. The van der Waals surface area contributed by atoms with Crippen LogP contribution < -0.4 is 10.9 Å². The quantitative estimate of drug-likeness (QED) is 0.446. The molecule has 0 aliphatic carbocycles. The molecule has 5 nitrogen and oxygen atoms in total. The van der Waals surface area contributed by atoms with E-state index in [1.54, 1.807) is 11.1 Å². The highest BCUT2D eigenvalue weighted by Crippen LogP contribution is 2.27. The number of carbonyl (C=O) groups is 1. The number of benzene rings is 2. The molecule has 0 unspecified atom stereocenters. The van der Waals surface area contributed by atoms with Gasteiger partial charge >= 0.3 is 7.12 Å². The number of hydrogen-bond donors (Lipinski definition) is 3. The first-order valence-electron chi connectivity index (χ1n) is 10.7. The molecule has 3 N–H and O–H groups in total. The fourth-order valence-corrected chi connectivity index (χ4v) is 3.98. The maximum absolute atomic E-state index is 14.3. The van der Waals surface area contributed by atoms with Crippen molar-refractivity contribution >= 4 is 18.5 Å². The summed E-state index contributed by atoms with van der Waals surface area (Å²) >= 11 is 0. The lowest BCUT2D eigenvalue weighted by Crippen LogP contribution is -2.54. The molecule has 1 amide bonds. The van der Waals surface area contributed by atoms with Gasteiger partial charge in [-0.25, -0.2) is 9.82 Å². The SMILES string of the molecule is CC[C@@H](N(NCCc1ccc(B(O)O)cc1F)C(=O)c1cc(C)cc(C)c1)C(C)(C)C. The molecule has 0 heterocycles. The maximum atomic E-state index is 14.3. The first-order valence-corrected chi connectivity index (χ1v) is 10.7. The van der Waals surface area contributed by atoms with Gasteiger partial charge in [-0.15, -0.1) is 0 Å². The van der Waals surface area contributed by atoms with Crippen LogP contribution in [0.2, 0.25) is 0 Å². The lowest BCUT2D eigenvalue weighted by molar-refractivity contribution is 0.0312. The topological polar surface area (TPSA) is 72.8 Å². The molecule has 1 atom stereocenters. The van der Waals surface area contributed by atoms with Crippen LogP contribution in [-0.2, 0) is 6.42 Å². The summed E-state index contributed by atoms with van der Waals surface area (Å²) in [5.41, 5.74) is 6.33. The van der Waals surface area contributed by atoms with Crippen LogP contribution in [-0.4, -0.2) is 40.7 Å². The molecule has 0 saturated heterocycles. The van der Waals surface area contributed by atoms with Crippen LogP contribution in [0.5, 0.6) is 0 Å². The average molecular weight is 428 g/mol. The normalized spacial score (nSPS) is 12.5. The van der Waals surface area contributed by atoms with Gasteiger partial charge in [0, 0.05) is 12.1 Å². The number of carbonyl (C=O) groups excluding carboxylic acids is 1. The molecule has 0 radical (unpaired) electrons. The highest BCUT2D eigenvalue weighted by atomic mass is 19.1. The zero-order valence-corrected chi connectivity index (χ0v) is 19.4. The molecule has 0 bridgehead atoms. The Balaban J connectivity index is 2.24. The number of nitrogens with zero attached hydrogens (tertiary/aromatic N) is 1. The highest BCUT2D eigenvalue weighted by Gasteiger charge is 2.33. The number of hydrazine groups is 1. The summed E-state index contributed by atoms with van der Waals surface area (Å²) in [5, 5.41) is 20.1. The Morgan fingerprint density at radius 2 is 1.74 bits per heavy atom. The van der Waals surface area contributed by atoms with Gasteiger partial charge in [0.2, 0.25) is 0 Å². The van der Waals surface area contributed by atoms with E-state index < -0.39 is 12.9 Å². The molecular weight excluding hydrogens is 394 g/mol. The Hall–Kier alpha value is -2.22. The molecule has 0 fully saturated rings. The fourth-order valence-electron chi connectivity index (χ4n) is 3.98. The molecule has 2 aromatic rings. The van der Waals surface area contributed by atoms with Gasteiger partial charge in [-0.1, -0.05) is 57.0 Å². The molecule has 168 valence electrons. The average Bonchev–Trinajstić information content (AvgIpc) is 2.66. The Kier molecular flexibility index (Phi) is 8.40. The second-order valence-electron chi connectivity index (χ2n) is 9.22. The first kappa shape index (κ1) is 25.0. The van der Waals surface area contributed by atoms with Gasteiger partial charge in [0.15, 0.2) is 0 Å². The molecule has 2 aromatic carbocycles. The van der Waals surface area contributed by atoms with Gasteiger partial charge in [0.25, 0.3) is 5.91 Å². The molecule has 2 rings (SSSR count). The standard InChI is InChI=1S/C24H34BFN2O3/c1-7-22(24(4,5)6)28(23(29)19-13-16(2)12-17(3)14-19)27-11-10-18-8-9-20(25(30)31)15-21(18)26/h8-9,12-15,22,27,30-31H,7,10-11H2,1-6H3/t22-/m1/s1. The van der Waals surface area contributed by atoms with Crippen LogP contribution in [0.1, 0.15) is 61.2 Å². The summed E-state index contributed by atoms with van der Waals surface area (Å²) in [6, 6.07) is 9.91. The number of hydrogen-bond acceptors (Lipinski definition) is 4. The molecule has 7 heteroatoms. The molecule has 0 saturated carbocycles. The predicted octanol–water partition coefficient (Wildman–Crippen LogP) is 3.14. The molecule has 0 aliphatic rings. The molecule has 0 aromatic heterocycles. The van der Waals surface area contributed by atoms with Gasteiger partial charge in [0.1, 0.15) is 5.82 Å². The van der Waals surface area contributed by atoms with Crippen molar-refractivity contribution in [2.45, 2.75) is 60.4 Å². The minimum absolute atomic E-state index is 0.0578. The summed E-state index contributed by atoms with van der Waals surface area (Å²) in [7, 11) is -1.70. The van der Waals surface area contributed by atoms with E-state index in [1.807, 2.05) is 32.0 Å². The van der Waals surface area contributed by atoms with Gasteiger partial charge < -0.3 is 10.0 Å². The van der Waals surface area contributed by atoms with Gasteiger partial charge in [-0.3, -0.25) is 9.80 Å². The number of aryl methyl sites for hydroxylation is 2. The number of nitrogens with one attached hydrogen (secondary N) is 1. The second kappa shape index (κ2) is 10.4. The molecule has 31 heavy (non-hydrogen) atoms. The van der Waals surface area contributed by atoms with Crippen LogP contribution in [0.15, 0.2) is 36.4 Å². The maximum Gasteiger partial charge on any atom is 0.488 e. The van der Waals surface area contributed by atoms with Crippen LogP contribution in [0.3, 0.4) is 0 Å². The third kappa shape index (κ3) is 6.63. The number of halogens is 1. The van der Waals surface area contributed by atoms with Gasteiger partial charge in [-0.05, 0) is 61.3 Å². The predicted molar refractivity (Wildman–Crippen MR) is 124 cm³/mol. The Labute approximate surface area is 185 Å². The van der Waals surface area contributed by atoms with Crippen molar-refractivity contribution < 1.29 is 19.2 Å². The monoisotopic (exact) mass is 428 g/mol. The van der Waals surface area contributed by atoms with Gasteiger partial charge in [-0.2, -0.15) is 0 Å². The highest BCUT2D eigenvalue weighted by molar-refractivity contribution is 6.58. The van der Waals surface area contributed by atoms with Crippen molar-refractivity contribution in [2.75, 3.05) is 6.54 Å². The molecule has 0 aliphatic heterocycles. The van der Waals surface area contributed by atoms with Crippen molar-refractivity contribution in [3.8, 4) is 0 Å². The van der Waals surface area contributed by atoms with E-state index in [-0.39, 0.29) is 22.8 Å². The third-order valence-corrected chi connectivity index (χ3v) is 5.44. The van der Waals surface area contributed by atoms with Gasteiger partial charge in [0.05, 0.1) is 6.04 Å². The zero-order valence-electron chi connectivity index (χ0n) is 19.4. The Morgan fingerprint density at radius 1 is 1.13 bits per heavy atom. The summed E-state index contributed by atoms with van der Waals surface area (Å²) < 4.78 is 14.3. The summed E-state index contributed by atoms with van der Waals surface area (Å²) in [6.07, 6.45) is 1.12. The van der Waals surface area contributed by atoms with E-state index in [4.69, 9.17) is 0 Å². The Morgan fingerprint density at radius 3 is 2.23 bits per heavy atom. The van der Waals surface area contributed by atoms with E-state index >= 15 is 0 Å². The lowest BCUT2D eigenvalue weighted by Gasteiger charge is -2.40. The van der Waals surface area contributed by atoms with Crippen LogP contribution in [0.25, 0.3) is 0 Å². The van der Waals surface area contributed by atoms with E-state index in [2.05, 4.69) is 33.1 Å². The zero-order chi connectivity index (χ0) is 23.3. The fraction of sp³-hybridized carbons (Fsp3) is 0.458. The third-order valence-electron chi connectivity index (χ3n) is 5.44. The summed E-state index contributed by atoms with van der Waals surface area (Å²) in [4.78, 5) is 13.5. The van der Waals surface area contributed by atoms with E-state index in [1.165, 1.54) is 6.07 Å². The lowest BCUT2D eigenvalue weighted by atomic mass is 9.80. The van der Waals surface area contributed by atoms with E-state index in [0.717, 1.165) is 23.6 Å². The number of rotatable bonds is 8. The van der Waals surface area contributed by atoms with Crippen molar-refractivity contribution in [2.24, 2.45) is 5.41 Å². The second-order valence-corrected chi connectivity index (χ2v) is 9.22. The number of amides is 1. The molecular formula is C24H34BFN2O3. The Bertz CT molecular complexity index is 892. The summed E-state index contributed by atoms with van der Waals surface area (Å²) in [6.45, 7) is 12.7.